The molecule has 109 valence electrons. The van der Waals surface area contributed by atoms with Crippen LogP contribution in [0.25, 0.3) is 0 Å². The van der Waals surface area contributed by atoms with Crippen LogP contribution in [-0.4, -0.2) is 37.1 Å². The van der Waals surface area contributed by atoms with E-state index in [2.05, 4.69) is 39.8 Å². The molecule has 1 aromatic carbocycles. The van der Waals surface area contributed by atoms with Crippen molar-refractivity contribution in [1.82, 2.24) is 10.2 Å². The SMILES string of the molecule is c1ccc(NC2CCCCC2)c(CN2CC[N]CC2)c1. The zero-order chi connectivity index (χ0) is 13.6. The zero-order valence-electron chi connectivity index (χ0n) is 12.4. The van der Waals surface area contributed by atoms with E-state index in [4.69, 9.17) is 0 Å². The number of para-hydroxylation sites is 1. The summed E-state index contributed by atoms with van der Waals surface area (Å²) in [5, 5.41) is 8.22. The van der Waals surface area contributed by atoms with Crippen molar-refractivity contribution >= 4 is 5.69 Å². The lowest BCUT2D eigenvalue weighted by atomic mass is 9.95. The van der Waals surface area contributed by atoms with Crippen LogP contribution < -0.4 is 10.6 Å². The van der Waals surface area contributed by atoms with Gasteiger partial charge in [-0.05, 0) is 24.5 Å². The fourth-order valence-corrected chi connectivity index (χ4v) is 3.31. The van der Waals surface area contributed by atoms with Gasteiger partial charge in [0, 0.05) is 44.5 Å². The van der Waals surface area contributed by atoms with Crippen LogP contribution in [0.2, 0.25) is 0 Å². The quantitative estimate of drug-likeness (QED) is 0.913. The second-order valence-corrected chi connectivity index (χ2v) is 6.08. The Hall–Kier alpha value is -1.06. The average Bonchev–Trinajstić information content (AvgIpc) is 2.51. The van der Waals surface area contributed by atoms with Crippen LogP contribution >= 0.6 is 0 Å². The van der Waals surface area contributed by atoms with E-state index in [0.29, 0.717) is 6.04 Å². The Bertz CT molecular complexity index is 367. The summed E-state index contributed by atoms with van der Waals surface area (Å²) >= 11 is 0. The molecule has 1 radical (unpaired) electrons. The van der Waals surface area contributed by atoms with Gasteiger partial charge in [0.15, 0.2) is 0 Å². The zero-order valence-corrected chi connectivity index (χ0v) is 12.4. The molecule has 3 rings (SSSR count). The molecule has 0 aromatic heterocycles. The molecule has 0 unspecified atom stereocenters. The lowest BCUT2D eigenvalue weighted by Gasteiger charge is -2.29. The van der Waals surface area contributed by atoms with E-state index in [9.17, 15) is 0 Å². The molecule has 1 N–H and O–H groups in total. The number of piperazine rings is 1. The van der Waals surface area contributed by atoms with Gasteiger partial charge in [0.05, 0.1) is 0 Å². The first-order valence-corrected chi connectivity index (χ1v) is 8.12. The number of rotatable bonds is 4. The number of anilines is 1. The normalized spacial score (nSPS) is 21.8. The van der Waals surface area contributed by atoms with Crippen molar-refractivity contribution < 1.29 is 0 Å². The Balaban J connectivity index is 1.63. The molecule has 1 aromatic rings. The Morgan fingerprint density at radius 3 is 2.60 bits per heavy atom. The predicted molar refractivity (Wildman–Crippen MR) is 84.1 cm³/mol. The van der Waals surface area contributed by atoms with Crippen molar-refractivity contribution in [2.45, 2.75) is 44.7 Å². The Labute approximate surface area is 122 Å². The van der Waals surface area contributed by atoms with E-state index in [1.165, 1.54) is 43.4 Å². The maximum atomic E-state index is 4.43. The molecular weight excluding hydrogens is 246 g/mol. The van der Waals surface area contributed by atoms with Gasteiger partial charge in [-0.25, -0.2) is 5.32 Å². The van der Waals surface area contributed by atoms with Gasteiger partial charge in [0.1, 0.15) is 0 Å². The molecule has 2 aliphatic rings. The predicted octanol–water partition coefficient (Wildman–Crippen LogP) is 2.85. The Kier molecular flexibility index (Phi) is 4.93. The van der Waals surface area contributed by atoms with Crippen LogP contribution in [0, 0.1) is 0 Å². The third-order valence-electron chi connectivity index (χ3n) is 4.52. The van der Waals surface area contributed by atoms with Crippen LogP contribution in [0.5, 0.6) is 0 Å². The first kappa shape index (κ1) is 13.9. The summed E-state index contributed by atoms with van der Waals surface area (Å²) in [4.78, 5) is 2.52. The molecule has 1 heterocycles. The average molecular weight is 272 g/mol. The molecule has 0 atom stereocenters. The van der Waals surface area contributed by atoms with Gasteiger partial charge in [-0.15, -0.1) is 0 Å². The topological polar surface area (TPSA) is 29.4 Å². The highest BCUT2D eigenvalue weighted by Gasteiger charge is 2.16. The van der Waals surface area contributed by atoms with Gasteiger partial charge >= 0.3 is 0 Å². The van der Waals surface area contributed by atoms with Crippen LogP contribution in [-0.2, 0) is 6.54 Å². The van der Waals surface area contributed by atoms with E-state index >= 15 is 0 Å². The standard InChI is InChI=1S/C17H26N3/c1-2-7-16(8-3-1)19-17-9-5-4-6-15(17)14-20-12-10-18-11-13-20/h4-6,9,16,19H,1-3,7-8,10-14H2. The minimum Gasteiger partial charge on any atom is -0.382 e. The Morgan fingerprint density at radius 2 is 1.80 bits per heavy atom. The van der Waals surface area contributed by atoms with E-state index in [-0.39, 0.29) is 0 Å². The van der Waals surface area contributed by atoms with E-state index in [0.717, 1.165) is 32.7 Å². The van der Waals surface area contributed by atoms with Gasteiger partial charge in [0.25, 0.3) is 0 Å². The van der Waals surface area contributed by atoms with E-state index < -0.39 is 0 Å². The van der Waals surface area contributed by atoms with E-state index in [1.807, 2.05) is 0 Å². The molecule has 1 aliphatic heterocycles. The first-order chi connectivity index (χ1) is 9.92. The maximum absolute atomic E-state index is 4.43. The summed E-state index contributed by atoms with van der Waals surface area (Å²) in [7, 11) is 0. The lowest BCUT2D eigenvalue weighted by Crippen LogP contribution is -2.39. The van der Waals surface area contributed by atoms with Crippen molar-refractivity contribution in [3.63, 3.8) is 0 Å². The van der Waals surface area contributed by atoms with Crippen LogP contribution in [0.1, 0.15) is 37.7 Å². The van der Waals surface area contributed by atoms with Crippen molar-refractivity contribution in [2.24, 2.45) is 0 Å². The van der Waals surface area contributed by atoms with Gasteiger partial charge in [0.2, 0.25) is 0 Å². The minimum absolute atomic E-state index is 0.682. The van der Waals surface area contributed by atoms with Crippen molar-refractivity contribution in [2.75, 3.05) is 31.5 Å². The molecule has 0 amide bonds. The minimum atomic E-state index is 0.682. The molecule has 1 saturated carbocycles. The molecule has 2 fully saturated rings. The summed E-state index contributed by atoms with van der Waals surface area (Å²) in [6.45, 7) is 5.28. The molecule has 0 spiro atoms. The summed E-state index contributed by atoms with van der Waals surface area (Å²) in [5.74, 6) is 0. The third-order valence-corrected chi connectivity index (χ3v) is 4.52. The van der Waals surface area contributed by atoms with Crippen LogP contribution in [0.3, 0.4) is 0 Å². The van der Waals surface area contributed by atoms with Gasteiger partial charge in [-0.2, -0.15) is 0 Å². The van der Waals surface area contributed by atoms with Crippen LogP contribution in [0.15, 0.2) is 24.3 Å². The number of nitrogens with zero attached hydrogens (tertiary/aromatic N) is 2. The second kappa shape index (κ2) is 7.09. The maximum Gasteiger partial charge on any atom is 0.0388 e. The Morgan fingerprint density at radius 1 is 1.05 bits per heavy atom. The first-order valence-electron chi connectivity index (χ1n) is 8.12. The molecule has 1 saturated heterocycles. The summed E-state index contributed by atoms with van der Waals surface area (Å²) in [6, 6.07) is 9.52. The molecule has 3 nitrogen and oxygen atoms in total. The number of benzene rings is 1. The largest absolute Gasteiger partial charge is 0.382 e. The smallest absolute Gasteiger partial charge is 0.0388 e. The number of hydrogen-bond acceptors (Lipinski definition) is 2. The summed E-state index contributed by atoms with van der Waals surface area (Å²) in [6.07, 6.45) is 6.84. The molecular formula is C17H26N3. The van der Waals surface area contributed by atoms with Crippen LogP contribution in [0.4, 0.5) is 5.69 Å². The second-order valence-electron chi connectivity index (χ2n) is 6.08. The monoisotopic (exact) mass is 272 g/mol. The highest BCUT2D eigenvalue weighted by molar-refractivity contribution is 5.51. The van der Waals surface area contributed by atoms with Crippen molar-refractivity contribution in [1.29, 1.82) is 0 Å². The fourth-order valence-electron chi connectivity index (χ4n) is 3.31. The molecule has 20 heavy (non-hydrogen) atoms. The molecule has 0 bridgehead atoms. The number of hydrogen-bond donors (Lipinski definition) is 1. The van der Waals surface area contributed by atoms with E-state index in [1.54, 1.807) is 0 Å². The molecule has 1 aliphatic carbocycles. The highest BCUT2D eigenvalue weighted by Crippen LogP contribution is 2.24. The third kappa shape index (κ3) is 3.74. The van der Waals surface area contributed by atoms with Crippen molar-refractivity contribution in [3.8, 4) is 0 Å². The highest BCUT2D eigenvalue weighted by atomic mass is 15.2. The fraction of sp³-hybridized carbons (Fsp3) is 0.647. The van der Waals surface area contributed by atoms with Gasteiger partial charge in [-0.1, -0.05) is 37.5 Å². The van der Waals surface area contributed by atoms with Gasteiger partial charge < -0.3 is 5.32 Å². The number of nitrogens with one attached hydrogen (secondary N) is 1. The summed E-state index contributed by atoms with van der Waals surface area (Å²) in [5.41, 5.74) is 2.79. The van der Waals surface area contributed by atoms with Crippen molar-refractivity contribution in [3.05, 3.63) is 29.8 Å². The lowest BCUT2D eigenvalue weighted by molar-refractivity contribution is 0.231. The van der Waals surface area contributed by atoms with Gasteiger partial charge in [-0.3, -0.25) is 4.90 Å². The summed E-state index contributed by atoms with van der Waals surface area (Å²) < 4.78 is 0. The molecule has 3 heteroatoms.